The first kappa shape index (κ1) is 16.0. The summed E-state index contributed by atoms with van der Waals surface area (Å²) >= 11 is 0. The van der Waals surface area contributed by atoms with Crippen molar-refractivity contribution in [2.45, 2.75) is 18.7 Å². The Kier molecular flexibility index (Phi) is 3.96. The molecule has 0 fully saturated rings. The fourth-order valence-electron chi connectivity index (χ4n) is 2.36. The third-order valence-electron chi connectivity index (χ3n) is 3.71. The molecule has 5 nitrogen and oxygen atoms in total. The van der Waals surface area contributed by atoms with E-state index in [-0.39, 0.29) is 9.80 Å². The van der Waals surface area contributed by atoms with Gasteiger partial charge in [-0.3, -0.25) is 0 Å². The van der Waals surface area contributed by atoms with Crippen LogP contribution in [-0.4, -0.2) is 17.8 Å². The molecule has 0 aliphatic heterocycles. The number of nitriles is 1. The molecule has 2 aromatic heterocycles. The summed E-state index contributed by atoms with van der Waals surface area (Å²) in [5, 5.41) is 9.37. The highest BCUT2D eigenvalue weighted by Crippen LogP contribution is 2.22. The molecule has 0 aliphatic rings. The number of imidazole rings is 1. The second-order valence-corrected chi connectivity index (χ2v) is 7.47. The van der Waals surface area contributed by atoms with Gasteiger partial charge in [0.2, 0.25) is 9.84 Å². The molecule has 0 radical (unpaired) electrons. The second kappa shape index (κ2) is 5.95. The third kappa shape index (κ3) is 2.82. The van der Waals surface area contributed by atoms with Crippen molar-refractivity contribution in [3.8, 4) is 6.07 Å². The van der Waals surface area contributed by atoms with E-state index in [1.54, 1.807) is 35.0 Å². The van der Waals surface area contributed by atoms with E-state index in [0.29, 0.717) is 11.3 Å². The van der Waals surface area contributed by atoms with Crippen LogP contribution in [0.5, 0.6) is 0 Å². The molecule has 0 bridgehead atoms. The van der Waals surface area contributed by atoms with Gasteiger partial charge in [-0.25, -0.2) is 13.4 Å². The first-order valence-electron chi connectivity index (χ1n) is 7.29. The zero-order valence-electron chi connectivity index (χ0n) is 13.3. The summed E-state index contributed by atoms with van der Waals surface area (Å²) < 4.78 is 27.1. The van der Waals surface area contributed by atoms with Crippen molar-refractivity contribution in [3.05, 3.63) is 70.5 Å². The van der Waals surface area contributed by atoms with Gasteiger partial charge >= 0.3 is 0 Å². The van der Waals surface area contributed by atoms with Crippen molar-refractivity contribution in [2.24, 2.45) is 0 Å². The van der Waals surface area contributed by atoms with Gasteiger partial charge in [-0.1, -0.05) is 17.7 Å². The summed E-state index contributed by atoms with van der Waals surface area (Å²) in [6, 6.07) is 12.0. The van der Waals surface area contributed by atoms with Crippen LogP contribution in [0.1, 0.15) is 16.8 Å². The lowest BCUT2D eigenvalue weighted by molar-refractivity contribution is 0.603. The molecule has 3 aromatic rings. The predicted octanol–water partition coefficient (Wildman–Crippen LogP) is 3.29. The molecule has 24 heavy (non-hydrogen) atoms. The maximum absolute atomic E-state index is 12.7. The molecule has 0 aliphatic carbocycles. The molecule has 3 rings (SSSR count). The molecule has 0 atom stereocenters. The Labute approximate surface area is 140 Å². The predicted molar refractivity (Wildman–Crippen MR) is 91.9 cm³/mol. The van der Waals surface area contributed by atoms with Gasteiger partial charge in [0.1, 0.15) is 11.7 Å². The Morgan fingerprint density at radius 1 is 1.17 bits per heavy atom. The Morgan fingerprint density at radius 3 is 2.54 bits per heavy atom. The summed E-state index contributed by atoms with van der Waals surface area (Å²) in [6.45, 7) is 3.82. The largest absolute Gasteiger partial charge is 0.300 e. The number of hydrogen-bond acceptors (Lipinski definition) is 4. The van der Waals surface area contributed by atoms with Gasteiger partial charge in [-0.05, 0) is 49.8 Å². The highest BCUT2D eigenvalue weighted by atomic mass is 32.2. The molecule has 120 valence electrons. The monoisotopic (exact) mass is 337 g/mol. The number of hydrogen-bond donors (Lipinski definition) is 0. The Hall–Kier alpha value is -2.91. The van der Waals surface area contributed by atoms with E-state index in [4.69, 9.17) is 0 Å². The zero-order chi connectivity index (χ0) is 17.3. The minimum atomic E-state index is -3.86. The molecule has 0 spiro atoms. The number of fused-ring (bicyclic) bond motifs is 1. The summed E-state index contributed by atoms with van der Waals surface area (Å²) in [5.74, 6) is 0. The molecule has 0 saturated heterocycles. The van der Waals surface area contributed by atoms with Gasteiger partial charge < -0.3 is 4.40 Å². The molecular weight excluding hydrogens is 322 g/mol. The Bertz CT molecular complexity index is 1090. The second-order valence-electron chi connectivity index (χ2n) is 5.55. The number of pyridine rings is 1. The minimum Gasteiger partial charge on any atom is -0.300 e. The Morgan fingerprint density at radius 2 is 1.88 bits per heavy atom. The molecule has 1 aromatic carbocycles. The van der Waals surface area contributed by atoms with Crippen molar-refractivity contribution >= 4 is 21.6 Å². The van der Waals surface area contributed by atoms with Crippen LogP contribution in [0.25, 0.3) is 11.7 Å². The number of aryl methyl sites for hydroxylation is 2. The van der Waals surface area contributed by atoms with Gasteiger partial charge in [-0.2, -0.15) is 5.26 Å². The van der Waals surface area contributed by atoms with Crippen LogP contribution in [0.15, 0.2) is 58.6 Å². The maximum Gasteiger partial charge on any atom is 0.216 e. The highest BCUT2D eigenvalue weighted by Gasteiger charge is 2.21. The highest BCUT2D eigenvalue weighted by molar-refractivity contribution is 7.95. The topological polar surface area (TPSA) is 75.2 Å². The normalized spacial score (nSPS) is 12.3. The minimum absolute atomic E-state index is 0.102. The number of sulfone groups is 1. The van der Waals surface area contributed by atoms with E-state index in [0.717, 1.165) is 11.1 Å². The van der Waals surface area contributed by atoms with Crippen molar-refractivity contribution in [1.29, 1.82) is 5.26 Å². The standard InChI is InChI=1S/C18H15N3O2S/c1-13-3-5-16(6-4-13)24(22,23)17(11-19)10-15-12-20-18-9-14(2)7-8-21(15)18/h3-10,12H,1-2H3. The van der Waals surface area contributed by atoms with Gasteiger partial charge in [0.15, 0.2) is 4.91 Å². The molecule has 0 N–H and O–H groups in total. The van der Waals surface area contributed by atoms with Crippen LogP contribution in [0.4, 0.5) is 0 Å². The summed E-state index contributed by atoms with van der Waals surface area (Å²) in [7, 11) is -3.86. The van der Waals surface area contributed by atoms with Crippen molar-refractivity contribution in [3.63, 3.8) is 0 Å². The lowest BCUT2D eigenvalue weighted by Gasteiger charge is -2.04. The third-order valence-corrected chi connectivity index (χ3v) is 5.39. The lowest BCUT2D eigenvalue weighted by Crippen LogP contribution is -2.04. The fourth-order valence-corrected chi connectivity index (χ4v) is 3.50. The van der Waals surface area contributed by atoms with Crippen LogP contribution in [0.2, 0.25) is 0 Å². The first-order chi connectivity index (χ1) is 11.4. The molecule has 0 amide bonds. The van der Waals surface area contributed by atoms with Crippen molar-refractivity contribution < 1.29 is 8.42 Å². The SMILES string of the molecule is Cc1ccc(S(=O)(=O)C(C#N)=Cc2cnc3cc(C)ccn23)cc1. The quantitative estimate of drug-likeness (QED) is 0.687. The van der Waals surface area contributed by atoms with E-state index in [9.17, 15) is 13.7 Å². The summed E-state index contributed by atoms with van der Waals surface area (Å²) in [6.07, 6.45) is 4.71. The van der Waals surface area contributed by atoms with E-state index in [2.05, 4.69) is 4.98 Å². The summed E-state index contributed by atoms with van der Waals surface area (Å²) in [4.78, 5) is 4.04. The number of benzene rings is 1. The molecular formula is C18H15N3O2S. The van der Waals surface area contributed by atoms with Gasteiger partial charge in [-0.15, -0.1) is 0 Å². The van der Waals surface area contributed by atoms with Gasteiger partial charge in [0.05, 0.1) is 16.8 Å². The maximum atomic E-state index is 12.7. The fraction of sp³-hybridized carbons (Fsp3) is 0.111. The Balaban J connectivity index is 2.12. The van der Waals surface area contributed by atoms with Gasteiger partial charge in [0, 0.05) is 6.20 Å². The summed E-state index contributed by atoms with van der Waals surface area (Å²) in [5.41, 5.74) is 3.24. The molecule has 0 unspecified atom stereocenters. The van der Waals surface area contributed by atoms with E-state index in [1.807, 2.05) is 26.0 Å². The van der Waals surface area contributed by atoms with Crippen molar-refractivity contribution in [2.75, 3.05) is 0 Å². The zero-order valence-corrected chi connectivity index (χ0v) is 14.1. The van der Waals surface area contributed by atoms with Crippen LogP contribution in [0, 0.1) is 25.2 Å². The molecule has 0 saturated carbocycles. The average Bonchev–Trinajstić information content (AvgIpc) is 2.94. The van der Waals surface area contributed by atoms with Crippen LogP contribution >= 0.6 is 0 Å². The number of nitrogens with zero attached hydrogens (tertiary/aromatic N) is 3. The van der Waals surface area contributed by atoms with E-state index < -0.39 is 9.84 Å². The van der Waals surface area contributed by atoms with E-state index >= 15 is 0 Å². The molecule has 2 heterocycles. The number of aromatic nitrogens is 2. The number of allylic oxidation sites excluding steroid dienone is 1. The van der Waals surface area contributed by atoms with Crippen LogP contribution in [0.3, 0.4) is 0 Å². The van der Waals surface area contributed by atoms with Crippen LogP contribution < -0.4 is 0 Å². The van der Waals surface area contributed by atoms with E-state index in [1.165, 1.54) is 18.2 Å². The van der Waals surface area contributed by atoms with Gasteiger partial charge in [0.25, 0.3) is 0 Å². The van der Waals surface area contributed by atoms with Crippen molar-refractivity contribution in [1.82, 2.24) is 9.38 Å². The molecule has 6 heteroatoms. The number of rotatable bonds is 3. The average molecular weight is 337 g/mol. The smallest absolute Gasteiger partial charge is 0.216 e. The lowest BCUT2D eigenvalue weighted by atomic mass is 10.2. The first-order valence-corrected chi connectivity index (χ1v) is 8.77. The van der Waals surface area contributed by atoms with Crippen LogP contribution in [-0.2, 0) is 9.84 Å².